The van der Waals surface area contributed by atoms with Crippen LogP contribution < -0.4 is 4.90 Å². The molecule has 22 heavy (non-hydrogen) atoms. The molecule has 2 saturated heterocycles. The molecule has 1 aromatic heterocycles. The predicted molar refractivity (Wildman–Crippen MR) is 85.9 cm³/mol. The SMILES string of the molecule is c1ccc(-c2nccc(N3CC(N4CCOCC4)C3)n2)cc1. The largest absolute Gasteiger partial charge is 0.379 e. The average Bonchev–Trinajstić information content (AvgIpc) is 2.56. The maximum atomic E-state index is 5.42. The van der Waals surface area contributed by atoms with E-state index in [0.29, 0.717) is 6.04 Å². The molecule has 2 aromatic rings. The van der Waals surface area contributed by atoms with Gasteiger partial charge in [0.25, 0.3) is 0 Å². The first-order chi connectivity index (χ1) is 10.9. The number of rotatable bonds is 3. The highest BCUT2D eigenvalue weighted by molar-refractivity contribution is 5.57. The van der Waals surface area contributed by atoms with Gasteiger partial charge in [-0.05, 0) is 6.07 Å². The smallest absolute Gasteiger partial charge is 0.161 e. The van der Waals surface area contributed by atoms with E-state index in [1.165, 1.54) is 0 Å². The monoisotopic (exact) mass is 296 g/mol. The van der Waals surface area contributed by atoms with Crippen molar-refractivity contribution < 1.29 is 4.74 Å². The highest BCUT2D eigenvalue weighted by Gasteiger charge is 2.33. The third kappa shape index (κ3) is 2.69. The molecule has 2 aliphatic rings. The van der Waals surface area contributed by atoms with Gasteiger partial charge in [0.2, 0.25) is 0 Å². The molecule has 114 valence electrons. The van der Waals surface area contributed by atoms with Crippen LogP contribution in [-0.4, -0.2) is 60.3 Å². The lowest BCUT2D eigenvalue weighted by Gasteiger charge is -2.47. The van der Waals surface area contributed by atoms with Gasteiger partial charge in [-0.25, -0.2) is 9.97 Å². The fourth-order valence-electron chi connectivity index (χ4n) is 3.07. The van der Waals surface area contributed by atoms with E-state index in [9.17, 15) is 0 Å². The van der Waals surface area contributed by atoms with Crippen LogP contribution in [0.3, 0.4) is 0 Å². The lowest BCUT2D eigenvalue weighted by atomic mass is 10.1. The van der Waals surface area contributed by atoms with Crippen molar-refractivity contribution in [3.8, 4) is 11.4 Å². The van der Waals surface area contributed by atoms with Crippen molar-refractivity contribution in [2.75, 3.05) is 44.3 Å². The number of aromatic nitrogens is 2. The van der Waals surface area contributed by atoms with E-state index in [2.05, 4.69) is 14.8 Å². The van der Waals surface area contributed by atoms with Crippen LogP contribution in [-0.2, 0) is 4.74 Å². The molecule has 5 heteroatoms. The van der Waals surface area contributed by atoms with E-state index < -0.39 is 0 Å². The molecule has 2 aliphatic heterocycles. The summed E-state index contributed by atoms with van der Waals surface area (Å²) in [6, 6.07) is 12.8. The van der Waals surface area contributed by atoms with Crippen LogP contribution in [0.25, 0.3) is 11.4 Å². The van der Waals surface area contributed by atoms with Crippen LogP contribution >= 0.6 is 0 Å². The number of hydrogen-bond donors (Lipinski definition) is 0. The molecule has 5 nitrogen and oxygen atoms in total. The van der Waals surface area contributed by atoms with Crippen molar-refractivity contribution in [2.24, 2.45) is 0 Å². The van der Waals surface area contributed by atoms with Gasteiger partial charge in [0.05, 0.1) is 13.2 Å². The number of benzene rings is 1. The maximum Gasteiger partial charge on any atom is 0.161 e. The van der Waals surface area contributed by atoms with Gasteiger partial charge in [-0.1, -0.05) is 30.3 Å². The Hall–Kier alpha value is -1.98. The number of ether oxygens (including phenoxy) is 1. The second-order valence-electron chi connectivity index (χ2n) is 5.81. The molecule has 0 spiro atoms. The zero-order valence-corrected chi connectivity index (χ0v) is 12.6. The molecular weight excluding hydrogens is 276 g/mol. The molecule has 3 heterocycles. The van der Waals surface area contributed by atoms with Crippen LogP contribution in [0, 0.1) is 0 Å². The molecule has 0 unspecified atom stereocenters. The summed E-state index contributed by atoms with van der Waals surface area (Å²) < 4.78 is 5.42. The Kier molecular flexibility index (Phi) is 3.74. The standard InChI is InChI=1S/C17H20N4O/c1-2-4-14(5-3-1)17-18-7-6-16(19-17)21-12-15(13-21)20-8-10-22-11-9-20/h1-7,15H,8-13H2. The van der Waals surface area contributed by atoms with Gasteiger partial charge in [-0.3, -0.25) is 4.90 Å². The van der Waals surface area contributed by atoms with Crippen molar-refractivity contribution in [1.29, 1.82) is 0 Å². The zero-order chi connectivity index (χ0) is 14.8. The summed E-state index contributed by atoms with van der Waals surface area (Å²) in [4.78, 5) is 14.0. The van der Waals surface area contributed by atoms with Gasteiger partial charge in [0.1, 0.15) is 5.82 Å². The van der Waals surface area contributed by atoms with Crippen LogP contribution in [0.2, 0.25) is 0 Å². The lowest BCUT2D eigenvalue weighted by molar-refractivity contribution is 0.0104. The second kappa shape index (κ2) is 6.02. The summed E-state index contributed by atoms with van der Waals surface area (Å²) in [5.74, 6) is 1.83. The average molecular weight is 296 g/mol. The van der Waals surface area contributed by atoms with Gasteiger partial charge < -0.3 is 9.64 Å². The van der Waals surface area contributed by atoms with E-state index in [4.69, 9.17) is 9.72 Å². The molecule has 4 rings (SSSR count). The van der Waals surface area contributed by atoms with E-state index in [1.54, 1.807) is 0 Å². The van der Waals surface area contributed by atoms with Crippen LogP contribution in [0.5, 0.6) is 0 Å². The third-order valence-corrected chi connectivity index (χ3v) is 4.42. The number of nitrogens with zero attached hydrogens (tertiary/aromatic N) is 4. The zero-order valence-electron chi connectivity index (χ0n) is 12.6. The topological polar surface area (TPSA) is 41.5 Å². The molecular formula is C17H20N4O. The summed E-state index contributed by atoms with van der Waals surface area (Å²) in [6.07, 6.45) is 1.85. The molecule has 0 bridgehead atoms. The van der Waals surface area contributed by atoms with Crippen molar-refractivity contribution in [3.05, 3.63) is 42.6 Å². The second-order valence-corrected chi connectivity index (χ2v) is 5.81. The summed E-state index contributed by atoms with van der Waals surface area (Å²) in [5.41, 5.74) is 1.06. The molecule has 0 atom stereocenters. The molecule has 0 aliphatic carbocycles. The molecule has 0 N–H and O–H groups in total. The minimum atomic E-state index is 0.638. The quantitative estimate of drug-likeness (QED) is 0.862. The first-order valence-corrected chi connectivity index (χ1v) is 7.85. The van der Waals surface area contributed by atoms with E-state index in [0.717, 1.165) is 56.6 Å². The fraction of sp³-hybridized carbons (Fsp3) is 0.412. The first-order valence-electron chi connectivity index (χ1n) is 7.85. The molecule has 0 amide bonds. The van der Waals surface area contributed by atoms with Crippen LogP contribution in [0.4, 0.5) is 5.82 Å². The summed E-state index contributed by atoms with van der Waals surface area (Å²) in [5, 5.41) is 0. The minimum absolute atomic E-state index is 0.638. The van der Waals surface area contributed by atoms with Gasteiger partial charge in [0, 0.05) is 44.0 Å². The molecule has 2 fully saturated rings. The third-order valence-electron chi connectivity index (χ3n) is 4.42. The Labute approximate surface area is 130 Å². The number of morpholine rings is 1. The normalized spacial score (nSPS) is 19.9. The Balaban J connectivity index is 1.44. The van der Waals surface area contributed by atoms with Crippen molar-refractivity contribution >= 4 is 5.82 Å². The molecule has 0 saturated carbocycles. The first kappa shape index (κ1) is 13.7. The minimum Gasteiger partial charge on any atom is -0.379 e. The highest BCUT2D eigenvalue weighted by atomic mass is 16.5. The van der Waals surface area contributed by atoms with Crippen LogP contribution in [0.1, 0.15) is 0 Å². The van der Waals surface area contributed by atoms with E-state index >= 15 is 0 Å². The summed E-state index contributed by atoms with van der Waals surface area (Å²) in [6.45, 7) is 5.93. The maximum absolute atomic E-state index is 5.42. The fourth-order valence-corrected chi connectivity index (χ4v) is 3.07. The van der Waals surface area contributed by atoms with Crippen molar-refractivity contribution in [2.45, 2.75) is 6.04 Å². The summed E-state index contributed by atoms with van der Waals surface area (Å²) in [7, 11) is 0. The Morgan fingerprint density at radius 3 is 2.55 bits per heavy atom. The Morgan fingerprint density at radius 2 is 1.77 bits per heavy atom. The van der Waals surface area contributed by atoms with E-state index in [-0.39, 0.29) is 0 Å². The predicted octanol–water partition coefficient (Wildman–Crippen LogP) is 1.66. The lowest BCUT2D eigenvalue weighted by Crippen LogP contribution is -2.61. The van der Waals surface area contributed by atoms with Crippen molar-refractivity contribution in [1.82, 2.24) is 14.9 Å². The molecule has 0 radical (unpaired) electrons. The molecule has 1 aromatic carbocycles. The number of anilines is 1. The van der Waals surface area contributed by atoms with Crippen LogP contribution in [0.15, 0.2) is 42.6 Å². The van der Waals surface area contributed by atoms with Gasteiger partial charge in [0.15, 0.2) is 5.82 Å². The highest BCUT2D eigenvalue weighted by Crippen LogP contribution is 2.24. The number of hydrogen-bond acceptors (Lipinski definition) is 5. The van der Waals surface area contributed by atoms with Gasteiger partial charge >= 0.3 is 0 Å². The Morgan fingerprint density at radius 1 is 1.00 bits per heavy atom. The van der Waals surface area contributed by atoms with Gasteiger partial charge in [-0.2, -0.15) is 0 Å². The van der Waals surface area contributed by atoms with Gasteiger partial charge in [-0.15, -0.1) is 0 Å². The van der Waals surface area contributed by atoms with E-state index in [1.807, 2.05) is 42.6 Å². The summed E-state index contributed by atoms with van der Waals surface area (Å²) >= 11 is 0. The Bertz CT molecular complexity index is 622. The van der Waals surface area contributed by atoms with Crippen molar-refractivity contribution in [3.63, 3.8) is 0 Å².